The van der Waals surface area contributed by atoms with Crippen LogP contribution >= 0.6 is 0 Å². The van der Waals surface area contributed by atoms with Crippen molar-refractivity contribution in [1.82, 2.24) is 15.0 Å². The number of aryl methyl sites for hydroxylation is 1. The van der Waals surface area contributed by atoms with Gasteiger partial charge in [0.25, 0.3) is 5.91 Å². The van der Waals surface area contributed by atoms with Gasteiger partial charge in [0, 0.05) is 35.5 Å². The van der Waals surface area contributed by atoms with Crippen molar-refractivity contribution in [2.45, 2.75) is 6.92 Å². The molecule has 0 unspecified atom stereocenters. The number of fused-ring (bicyclic) bond motifs is 1. The number of anilines is 3. The van der Waals surface area contributed by atoms with E-state index < -0.39 is 0 Å². The van der Waals surface area contributed by atoms with E-state index in [0.29, 0.717) is 17.4 Å². The van der Waals surface area contributed by atoms with Crippen molar-refractivity contribution < 1.29 is 9.53 Å². The maximum Gasteiger partial charge on any atom is 0.262 e. The van der Waals surface area contributed by atoms with Crippen LogP contribution in [0.25, 0.3) is 22.0 Å². The Morgan fingerprint density at radius 1 is 0.914 bits per heavy atom. The molecule has 5 rings (SSSR count). The Bertz CT molecular complexity index is 1490. The minimum atomic E-state index is -0.247. The van der Waals surface area contributed by atoms with Gasteiger partial charge in [0.2, 0.25) is 5.95 Å². The number of nitrogens with one attached hydrogen (secondary N) is 2. The molecule has 1 amide bonds. The number of carbonyl (C=O) groups is 1. The van der Waals surface area contributed by atoms with Crippen LogP contribution in [0.3, 0.4) is 0 Å². The van der Waals surface area contributed by atoms with E-state index >= 15 is 0 Å². The molecule has 0 saturated carbocycles. The van der Waals surface area contributed by atoms with Crippen molar-refractivity contribution >= 4 is 34.0 Å². The van der Waals surface area contributed by atoms with E-state index in [1.807, 2.05) is 85.8 Å². The highest BCUT2D eigenvalue weighted by Gasteiger charge is 2.09. The Morgan fingerprint density at radius 2 is 1.80 bits per heavy atom. The van der Waals surface area contributed by atoms with Crippen molar-refractivity contribution in [2.24, 2.45) is 0 Å². The van der Waals surface area contributed by atoms with Crippen LogP contribution in [-0.2, 0) is 4.79 Å². The van der Waals surface area contributed by atoms with E-state index in [-0.39, 0.29) is 12.5 Å². The van der Waals surface area contributed by atoms with Crippen molar-refractivity contribution in [3.63, 3.8) is 0 Å². The standard InChI is InChI=1S/C28H23N5O2/c1-19-8-10-23(31-27(34)18-35-24-11-9-20-5-2-3-6-21(20)15-24)16-26(19)33-28-30-14-12-25(32-28)22-7-4-13-29-17-22/h2-17H,18H2,1H3,(H,31,34)(H,30,32,33). The summed E-state index contributed by atoms with van der Waals surface area (Å²) in [6.07, 6.45) is 5.18. The fourth-order valence-corrected chi connectivity index (χ4v) is 3.65. The van der Waals surface area contributed by atoms with Crippen LogP contribution in [-0.4, -0.2) is 27.5 Å². The fourth-order valence-electron chi connectivity index (χ4n) is 3.65. The van der Waals surface area contributed by atoms with Crippen LogP contribution in [0.2, 0.25) is 0 Å². The normalized spacial score (nSPS) is 10.7. The van der Waals surface area contributed by atoms with Gasteiger partial charge in [-0.05, 0) is 65.7 Å². The first-order valence-electron chi connectivity index (χ1n) is 11.2. The largest absolute Gasteiger partial charge is 0.484 e. The second-order valence-corrected chi connectivity index (χ2v) is 8.01. The molecular weight excluding hydrogens is 438 g/mol. The molecule has 5 aromatic rings. The highest BCUT2D eigenvalue weighted by Crippen LogP contribution is 2.25. The van der Waals surface area contributed by atoms with Gasteiger partial charge in [0.05, 0.1) is 5.69 Å². The quantitative estimate of drug-likeness (QED) is 0.320. The molecule has 3 aromatic carbocycles. The Hall–Kier alpha value is -4.78. The van der Waals surface area contributed by atoms with Crippen molar-refractivity contribution in [1.29, 1.82) is 0 Å². The van der Waals surface area contributed by atoms with Crippen LogP contribution in [0.15, 0.2) is 97.5 Å². The number of amides is 1. The Kier molecular flexibility index (Phi) is 6.30. The Labute approximate surface area is 202 Å². The second kappa shape index (κ2) is 10.0. The molecule has 0 saturated heterocycles. The first kappa shape index (κ1) is 22.0. The van der Waals surface area contributed by atoms with Crippen LogP contribution in [0.4, 0.5) is 17.3 Å². The maximum atomic E-state index is 12.5. The molecule has 2 N–H and O–H groups in total. The lowest BCUT2D eigenvalue weighted by Gasteiger charge is -2.12. The zero-order chi connectivity index (χ0) is 24.0. The lowest BCUT2D eigenvalue weighted by atomic mass is 10.1. The first-order valence-corrected chi connectivity index (χ1v) is 11.2. The van der Waals surface area contributed by atoms with Gasteiger partial charge in [-0.3, -0.25) is 9.78 Å². The molecule has 0 aliphatic carbocycles. The predicted octanol–water partition coefficient (Wildman–Crippen LogP) is 5.76. The summed E-state index contributed by atoms with van der Waals surface area (Å²) in [6.45, 7) is 1.88. The maximum absolute atomic E-state index is 12.5. The molecule has 0 radical (unpaired) electrons. The molecular formula is C28H23N5O2. The summed E-state index contributed by atoms with van der Waals surface area (Å²) in [5.41, 5.74) is 4.10. The topological polar surface area (TPSA) is 89.0 Å². The van der Waals surface area contributed by atoms with Gasteiger partial charge >= 0.3 is 0 Å². The SMILES string of the molecule is Cc1ccc(NC(=O)COc2ccc3ccccc3c2)cc1Nc1nccc(-c2cccnc2)n1. The predicted molar refractivity (Wildman–Crippen MR) is 138 cm³/mol. The number of ether oxygens (including phenoxy) is 1. The van der Waals surface area contributed by atoms with E-state index in [4.69, 9.17) is 4.74 Å². The number of hydrogen-bond donors (Lipinski definition) is 2. The Morgan fingerprint density at radius 3 is 2.66 bits per heavy atom. The molecule has 2 heterocycles. The molecule has 0 fully saturated rings. The van der Waals surface area contributed by atoms with Gasteiger partial charge in [-0.25, -0.2) is 9.97 Å². The fraction of sp³-hybridized carbons (Fsp3) is 0.0714. The molecule has 0 aliphatic heterocycles. The molecule has 172 valence electrons. The molecule has 0 aliphatic rings. The zero-order valence-corrected chi connectivity index (χ0v) is 19.1. The summed E-state index contributed by atoms with van der Waals surface area (Å²) < 4.78 is 5.70. The number of benzene rings is 3. The molecule has 7 nitrogen and oxygen atoms in total. The van der Waals surface area contributed by atoms with Crippen molar-refractivity contribution in [3.05, 3.63) is 103 Å². The minimum Gasteiger partial charge on any atom is -0.484 e. The zero-order valence-electron chi connectivity index (χ0n) is 19.1. The van der Waals surface area contributed by atoms with E-state index in [0.717, 1.165) is 33.3 Å². The lowest BCUT2D eigenvalue weighted by molar-refractivity contribution is -0.118. The number of carbonyl (C=O) groups excluding carboxylic acids is 1. The molecule has 35 heavy (non-hydrogen) atoms. The summed E-state index contributed by atoms with van der Waals surface area (Å²) >= 11 is 0. The van der Waals surface area contributed by atoms with Gasteiger partial charge < -0.3 is 15.4 Å². The van der Waals surface area contributed by atoms with E-state index in [1.54, 1.807) is 18.6 Å². The molecule has 0 bridgehead atoms. The third-order valence-corrected chi connectivity index (χ3v) is 5.47. The number of pyridine rings is 1. The summed E-state index contributed by atoms with van der Waals surface area (Å²) in [7, 11) is 0. The van der Waals surface area contributed by atoms with Crippen LogP contribution < -0.4 is 15.4 Å². The number of hydrogen-bond acceptors (Lipinski definition) is 6. The summed E-state index contributed by atoms with van der Waals surface area (Å²) in [4.78, 5) is 25.6. The lowest BCUT2D eigenvalue weighted by Crippen LogP contribution is -2.20. The third kappa shape index (κ3) is 5.42. The average molecular weight is 462 g/mol. The Balaban J connectivity index is 1.24. The molecule has 0 atom stereocenters. The monoisotopic (exact) mass is 461 g/mol. The second-order valence-electron chi connectivity index (χ2n) is 8.01. The van der Waals surface area contributed by atoms with Gasteiger partial charge in [-0.15, -0.1) is 0 Å². The van der Waals surface area contributed by atoms with Crippen LogP contribution in [0.5, 0.6) is 5.75 Å². The van der Waals surface area contributed by atoms with E-state index in [1.165, 1.54) is 0 Å². The molecule has 2 aromatic heterocycles. The van der Waals surface area contributed by atoms with E-state index in [2.05, 4.69) is 25.6 Å². The van der Waals surface area contributed by atoms with Gasteiger partial charge in [-0.2, -0.15) is 0 Å². The molecule has 7 heteroatoms. The third-order valence-electron chi connectivity index (χ3n) is 5.47. The van der Waals surface area contributed by atoms with Crippen LogP contribution in [0.1, 0.15) is 5.56 Å². The number of nitrogens with zero attached hydrogens (tertiary/aromatic N) is 3. The van der Waals surface area contributed by atoms with Gasteiger partial charge in [0.1, 0.15) is 5.75 Å². The summed E-state index contributed by atoms with van der Waals surface area (Å²) in [6, 6.07) is 25.1. The minimum absolute atomic E-state index is 0.0920. The highest BCUT2D eigenvalue weighted by atomic mass is 16.5. The first-order chi connectivity index (χ1) is 17.1. The van der Waals surface area contributed by atoms with Crippen molar-refractivity contribution in [3.8, 4) is 17.0 Å². The number of rotatable bonds is 7. The van der Waals surface area contributed by atoms with Gasteiger partial charge in [-0.1, -0.05) is 36.4 Å². The van der Waals surface area contributed by atoms with Crippen molar-refractivity contribution in [2.75, 3.05) is 17.2 Å². The summed E-state index contributed by atoms with van der Waals surface area (Å²) in [5, 5.41) is 8.32. The smallest absolute Gasteiger partial charge is 0.262 e. The highest BCUT2D eigenvalue weighted by molar-refractivity contribution is 5.92. The van der Waals surface area contributed by atoms with E-state index in [9.17, 15) is 4.79 Å². The summed E-state index contributed by atoms with van der Waals surface area (Å²) in [5.74, 6) is 0.858. The number of aromatic nitrogens is 3. The molecule has 0 spiro atoms. The average Bonchev–Trinajstić information content (AvgIpc) is 2.90. The van der Waals surface area contributed by atoms with Crippen LogP contribution in [0, 0.1) is 6.92 Å². The van der Waals surface area contributed by atoms with Gasteiger partial charge in [0.15, 0.2) is 6.61 Å².